The molecule has 0 saturated carbocycles. The van der Waals surface area contributed by atoms with Crippen LogP contribution in [0.25, 0.3) is 0 Å². The van der Waals surface area contributed by atoms with E-state index in [-0.39, 0.29) is 11.9 Å². The molecule has 1 rings (SSSR count). The Balaban J connectivity index is 2.98. The van der Waals surface area contributed by atoms with E-state index in [4.69, 9.17) is 11.6 Å². The summed E-state index contributed by atoms with van der Waals surface area (Å²) < 4.78 is 51.2. The minimum absolute atomic E-state index is 0.170. The topological polar surface area (TPSA) is 37.4 Å². The standard InChI is InChI=1S/C11H14ClF2NO2S/c1-8(12)5-6-15(2)18(16,17)11-4-3-9(13)7-10(11)14/h3-4,7-8H,5-6H2,1-2H3. The molecule has 0 saturated heterocycles. The molecule has 0 aliphatic rings. The van der Waals surface area contributed by atoms with Crippen molar-refractivity contribution in [3.8, 4) is 0 Å². The Labute approximate surface area is 110 Å². The highest BCUT2D eigenvalue weighted by atomic mass is 35.5. The second-order valence-corrected chi connectivity index (χ2v) is 6.73. The lowest BCUT2D eigenvalue weighted by Gasteiger charge is -2.18. The van der Waals surface area contributed by atoms with Gasteiger partial charge in [0.15, 0.2) is 0 Å². The largest absolute Gasteiger partial charge is 0.245 e. The zero-order chi connectivity index (χ0) is 13.9. The van der Waals surface area contributed by atoms with Crippen molar-refractivity contribution in [2.24, 2.45) is 0 Å². The van der Waals surface area contributed by atoms with E-state index in [0.29, 0.717) is 12.5 Å². The summed E-state index contributed by atoms with van der Waals surface area (Å²) in [6.45, 7) is 1.91. The summed E-state index contributed by atoms with van der Waals surface area (Å²) in [6.07, 6.45) is 0.445. The first-order chi connectivity index (χ1) is 8.25. The number of benzene rings is 1. The normalized spacial score (nSPS) is 13.9. The smallest absolute Gasteiger partial charge is 0.207 e. The summed E-state index contributed by atoms with van der Waals surface area (Å²) in [5.74, 6) is -1.91. The number of halogens is 3. The number of hydrogen-bond acceptors (Lipinski definition) is 2. The first-order valence-electron chi connectivity index (χ1n) is 5.30. The fourth-order valence-corrected chi connectivity index (χ4v) is 2.66. The van der Waals surface area contributed by atoms with Crippen LogP contribution >= 0.6 is 11.6 Å². The summed E-state index contributed by atoms with van der Waals surface area (Å²) in [5, 5.41) is -0.180. The van der Waals surface area contributed by atoms with Crippen molar-refractivity contribution in [1.29, 1.82) is 0 Å². The molecule has 1 unspecified atom stereocenters. The summed E-state index contributed by atoms with van der Waals surface area (Å²) >= 11 is 5.72. The lowest BCUT2D eigenvalue weighted by Crippen LogP contribution is -2.29. The number of alkyl halides is 1. The molecule has 7 heteroatoms. The van der Waals surface area contributed by atoms with Crippen molar-refractivity contribution in [3.05, 3.63) is 29.8 Å². The van der Waals surface area contributed by atoms with Gasteiger partial charge in [-0.05, 0) is 25.5 Å². The number of hydrogen-bond donors (Lipinski definition) is 0. The van der Waals surface area contributed by atoms with Gasteiger partial charge in [-0.3, -0.25) is 0 Å². The predicted molar refractivity (Wildman–Crippen MR) is 66.1 cm³/mol. The summed E-state index contributed by atoms with van der Waals surface area (Å²) in [7, 11) is -2.62. The van der Waals surface area contributed by atoms with Gasteiger partial charge in [-0.25, -0.2) is 21.5 Å². The highest BCUT2D eigenvalue weighted by Gasteiger charge is 2.24. The molecular formula is C11H14ClF2NO2S. The van der Waals surface area contributed by atoms with Gasteiger partial charge in [-0.2, -0.15) is 0 Å². The highest BCUT2D eigenvalue weighted by molar-refractivity contribution is 7.89. The van der Waals surface area contributed by atoms with Crippen molar-refractivity contribution in [2.75, 3.05) is 13.6 Å². The molecule has 1 aromatic carbocycles. The Morgan fingerprint density at radius 2 is 2.00 bits per heavy atom. The third kappa shape index (κ3) is 3.63. The third-order valence-electron chi connectivity index (χ3n) is 2.42. The Hall–Kier alpha value is -0.720. The van der Waals surface area contributed by atoms with E-state index in [1.807, 2.05) is 0 Å². The van der Waals surface area contributed by atoms with Crippen LogP contribution in [0.2, 0.25) is 0 Å². The monoisotopic (exact) mass is 297 g/mol. The van der Waals surface area contributed by atoms with Gasteiger partial charge >= 0.3 is 0 Å². The average molecular weight is 298 g/mol. The van der Waals surface area contributed by atoms with Gasteiger partial charge in [0.05, 0.1) is 0 Å². The van der Waals surface area contributed by atoms with Gasteiger partial charge in [0.2, 0.25) is 10.0 Å². The minimum Gasteiger partial charge on any atom is -0.207 e. The Bertz CT molecular complexity index is 520. The molecule has 0 N–H and O–H groups in total. The van der Waals surface area contributed by atoms with E-state index in [1.54, 1.807) is 6.92 Å². The van der Waals surface area contributed by atoms with Crippen LogP contribution in [0.15, 0.2) is 23.1 Å². The van der Waals surface area contributed by atoms with Gasteiger partial charge in [-0.1, -0.05) is 0 Å². The lowest BCUT2D eigenvalue weighted by atomic mass is 10.3. The molecule has 1 atom stereocenters. The van der Waals surface area contributed by atoms with E-state index in [1.165, 1.54) is 7.05 Å². The van der Waals surface area contributed by atoms with Gasteiger partial charge in [0, 0.05) is 25.0 Å². The molecule has 0 fully saturated rings. The maximum atomic E-state index is 13.4. The van der Waals surface area contributed by atoms with Gasteiger partial charge < -0.3 is 0 Å². The van der Waals surface area contributed by atoms with Crippen LogP contribution in [-0.2, 0) is 10.0 Å². The molecule has 0 spiro atoms. The molecule has 18 heavy (non-hydrogen) atoms. The van der Waals surface area contributed by atoms with Crippen LogP contribution in [0.5, 0.6) is 0 Å². The van der Waals surface area contributed by atoms with Crippen LogP contribution in [0.4, 0.5) is 8.78 Å². The van der Waals surface area contributed by atoms with E-state index in [0.717, 1.165) is 16.4 Å². The SMILES string of the molecule is CC(Cl)CCN(C)S(=O)(=O)c1ccc(F)cc1F. The van der Waals surface area contributed by atoms with Crippen LogP contribution in [0.3, 0.4) is 0 Å². The van der Waals surface area contributed by atoms with Crippen molar-refractivity contribution in [2.45, 2.75) is 23.6 Å². The first kappa shape index (κ1) is 15.3. The van der Waals surface area contributed by atoms with Crippen molar-refractivity contribution >= 4 is 21.6 Å². The quantitative estimate of drug-likeness (QED) is 0.784. The number of nitrogens with zero attached hydrogens (tertiary/aromatic N) is 1. The summed E-state index contributed by atoms with van der Waals surface area (Å²) in [4.78, 5) is -0.534. The van der Waals surface area contributed by atoms with Gasteiger partial charge in [-0.15, -0.1) is 11.6 Å². The van der Waals surface area contributed by atoms with Crippen molar-refractivity contribution in [1.82, 2.24) is 4.31 Å². The molecule has 1 aromatic rings. The summed E-state index contributed by atoms with van der Waals surface area (Å²) in [6, 6.07) is 2.37. The molecular weight excluding hydrogens is 284 g/mol. The molecule has 0 aliphatic carbocycles. The van der Waals surface area contributed by atoms with Crippen LogP contribution < -0.4 is 0 Å². The Morgan fingerprint density at radius 3 is 2.50 bits per heavy atom. The highest BCUT2D eigenvalue weighted by Crippen LogP contribution is 2.19. The molecule has 0 heterocycles. The second kappa shape index (κ2) is 5.95. The first-order valence-corrected chi connectivity index (χ1v) is 7.18. The molecule has 3 nitrogen and oxygen atoms in total. The fraction of sp³-hybridized carbons (Fsp3) is 0.455. The molecule has 0 bridgehead atoms. The maximum Gasteiger partial charge on any atom is 0.245 e. The molecule has 0 aliphatic heterocycles. The third-order valence-corrected chi connectivity index (χ3v) is 4.53. The van der Waals surface area contributed by atoms with E-state index in [9.17, 15) is 17.2 Å². The second-order valence-electron chi connectivity index (χ2n) is 3.97. The molecule has 0 radical (unpaired) electrons. The van der Waals surface area contributed by atoms with Crippen LogP contribution in [-0.4, -0.2) is 31.7 Å². The van der Waals surface area contributed by atoms with Crippen LogP contribution in [0.1, 0.15) is 13.3 Å². The Morgan fingerprint density at radius 1 is 1.39 bits per heavy atom. The minimum atomic E-state index is -3.95. The zero-order valence-corrected chi connectivity index (χ0v) is 11.6. The van der Waals surface area contributed by atoms with Crippen molar-refractivity contribution < 1.29 is 17.2 Å². The van der Waals surface area contributed by atoms with Crippen LogP contribution in [0, 0.1) is 11.6 Å². The van der Waals surface area contributed by atoms with Crippen molar-refractivity contribution in [3.63, 3.8) is 0 Å². The van der Waals surface area contributed by atoms with Gasteiger partial charge in [0.1, 0.15) is 16.5 Å². The fourth-order valence-electron chi connectivity index (χ4n) is 1.33. The summed E-state index contributed by atoms with van der Waals surface area (Å²) in [5.41, 5.74) is 0. The van der Waals surface area contributed by atoms with E-state index < -0.39 is 26.6 Å². The number of sulfonamides is 1. The lowest BCUT2D eigenvalue weighted by molar-refractivity contribution is 0.453. The van der Waals surface area contributed by atoms with E-state index in [2.05, 4.69) is 0 Å². The predicted octanol–water partition coefficient (Wildman–Crippen LogP) is 2.60. The molecule has 102 valence electrons. The van der Waals surface area contributed by atoms with E-state index >= 15 is 0 Å². The average Bonchev–Trinajstić information content (AvgIpc) is 2.24. The molecule has 0 amide bonds. The zero-order valence-electron chi connectivity index (χ0n) is 10.0. The Kier molecular flexibility index (Phi) is 5.07. The molecule has 0 aromatic heterocycles. The number of rotatable bonds is 5. The van der Waals surface area contributed by atoms with Gasteiger partial charge in [0.25, 0.3) is 0 Å². The maximum absolute atomic E-state index is 13.4.